The summed E-state index contributed by atoms with van der Waals surface area (Å²) in [6.07, 6.45) is 4.44. The molecule has 0 bridgehead atoms. The first kappa shape index (κ1) is 12.7. The van der Waals surface area contributed by atoms with Crippen LogP contribution in [-0.4, -0.2) is 28.6 Å². The highest BCUT2D eigenvalue weighted by atomic mass is 35.5. The van der Waals surface area contributed by atoms with Crippen LogP contribution in [0.15, 0.2) is 0 Å². The van der Waals surface area contributed by atoms with Gasteiger partial charge in [0.1, 0.15) is 6.29 Å². The Morgan fingerprint density at radius 1 is 1.31 bits per heavy atom. The monoisotopic (exact) mass is 263 g/mol. The topological polar surface area (TPSA) is 29.1 Å². The van der Waals surface area contributed by atoms with Crippen molar-refractivity contribution in [3.63, 3.8) is 0 Å². The van der Waals surface area contributed by atoms with Gasteiger partial charge >= 0.3 is 0 Å². The molecule has 5 atom stereocenters. The van der Waals surface area contributed by atoms with Crippen molar-refractivity contribution in [2.75, 3.05) is 0 Å². The molecule has 1 aliphatic carbocycles. The molecule has 2 aliphatic rings. The summed E-state index contributed by atoms with van der Waals surface area (Å²) >= 11 is 12.8. The van der Waals surface area contributed by atoms with E-state index >= 15 is 0 Å². The van der Waals surface area contributed by atoms with Crippen molar-refractivity contribution in [1.82, 2.24) is 5.32 Å². The first-order valence-corrected chi connectivity index (χ1v) is 6.92. The molecule has 1 aliphatic heterocycles. The molecule has 1 saturated carbocycles. The molecule has 5 unspecified atom stereocenters. The van der Waals surface area contributed by atoms with E-state index in [1.54, 1.807) is 0 Å². The summed E-state index contributed by atoms with van der Waals surface area (Å²) in [5.41, 5.74) is -0.552. The minimum absolute atomic E-state index is 0.00403. The number of aldehydes is 1. The van der Waals surface area contributed by atoms with Crippen molar-refractivity contribution in [1.29, 1.82) is 0 Å². The van der Waals surface area contributed by atoms with Crippen LogP contribution < -0.4 is 5.32 Å². The molecule has 4 heteroatoms. The molecule has 0 spiro atoms. The second-order valence-electron chi connectivity index (χ2n) is 5.32. The van der Waals surface area contributed by atoms with Crippen LogP contribution in [0, 0.1) is 11.8 Å². The van der Waals surface area contributed by atoms with E-state index in [0.717, 1.165) is 19.1 Å². The summed E-state index contributed by atoms with van der Waals surface area (Å²) in [6.45, 7) is 4.08. The van der Waals surface area contributed by atoms with Gasteiger partial charge in [-0.3, -0.25) is 5.32 Å². The van der Waals surface area contributed by atoms with Gasteiger partial charge in [-0.05, 0) is 31.6 Å². The lowest BCUT2D eigenvalue weighted by molar-refractivity contribution is -0.119. The van der Waals surface area contributed by atoms with Gasteiger partial charge in [-0.2, -0.15) is 0 Å². The molecular weight excluding hydrogens is 245 g/mol. The van der Waals surface area contributed by atoms with Crippen molar-refractivity contribution < 1.29 is 4.79 Å². The summed E-state index contributed by atoms with van der Waals surface area (Å²) in [6, 6.07) is 0.137. The number of rotatable bonds is 2. The molecule has 1 heterocycles. The van der Waals surface area contributed by atoms with Crippen LogP contribution in [0.3, 0.4) is 0 Å². The van der Waals surface area contributed by atoms with Crippen molar-refractivity contribution in [3.8, 4) is 0 Å². The Morgan fingerprint density at radius 3 is 2.38 bits per heavy atom. The SMILES string of the molecule is CC1NC(C=O)(C2CCC2)C(Cl)C(C)C1Cl. The number of carbonyl (C=O) groups is 1. The summed E-state index contributed by atoms with van der Waals surface area (Å²) < 4.78 is 0. The largest absolute Gasteiger partial charge is 0.301 e. The number of hydrogen-bond acceptors (Lipinski definition) is 2. The lowest BCUT2D eigenvalue weighted by atomic mass is 9.65. The highest BCUT2D eigenvalue weighted by molar-refractivity contribution is 6.26. The van der Waals surface area contributed by atoms with Crippen molar-refractivity contribution >= 4 is 29.5 Å². The Kier molecular flexibility index (Phi) is 3.54. The molecule has 92 valence electrons. The summed E-state index contributed by atoms with van der Waals surface area (Å²) in [7, 11) is 0. The van der Waals surface area contributed by atoms with Crippen LogP contribution in [0.1, 0.15) is 33.1 Å². The first-order valence-electron chi connectivity index (χ1n) is 6.05. The van der Waals surface area contributed by atoms with Crippen LogP contribution in [0.25, 0.3) is 0 Å². The Labute approximate surface area is 107 Å². The van der Waals surface area contributed by atoms with E-state index in [4.69, 9.17) is 23.2 Å². The molecule has 2 rings (SSSR count). The van der Waals surface area contributed by atoms with Crippen LogP contribution >= 0.6 is 23.2 Å². The second kappa shape index (κ2) is 4.47. The van der Waals surface area contributed by atoms with Gasteiger partial charge in [0.15, 0.2) is 0 Å². The van der Waals surface area contributed by atoms with E-state index < -0.39 is 5.54 Å². The second-order valence-corrected chi connectivity index (χ2v) is 6.29. The standard InChI is InChI=1S/C12H19Cl2NO/c1-7-10(13)8(2)15-12(6-16,11(7)14)9-4-3-5-9/h6-11,15H,3-5H2,1-2H3. The number of hydrogen-bond donors (Lipinski definition) is 1. The fourth-order valence-electron chi connectivity index (χ4n) is 3.03. The molecule has 2 fully saturated rings. The lowest BCUT2D eigenvalue weighted by Crippen LogP contribution is -2.70. The maximum atomic E-state index is 11.5. The summed E-state index contributed by atoms with van der Waals surface area (Å²) in [5.74, 6) is 0.548. The van der Waals surface area contributed by atoms with Gasteiger partial charge in [0, 0.05) is 6.04 Å². The third-order valence-corrected chi connectivity index (χ3v) is 5.89. The van der Waals surface area contributed by atoms with E-state index in [1.807, 2.05) is 13.8 Å². The van der Waals surface area contributed by atoms with E-state index in [0.29, 0.717) is 5.92 Å². The molecule has 16 heavy (non-hydrogen) atoms. The minimum atomic E-state index is -0.552. The maximum Gasteiger partial charge on any atom is 0.141 e. The molecule has 1 saturated heterocycles. The number of alkyl halides is 2. The van der Waals surface area contributed by atoms with E-state index in [9.17, 15) is 4.79 Å². The number of piperidine rings is 1. The average molecular weight is 264 g/mol. The minimum Gasteiger partial charge on any atom is -0.301 e. The Bertz CT molecular complexity index is 282. The van der Waals surface area contributed by atoms with Crippen molar-refractivity contribution in [3.05, 3.63) is 0 Å². The number of nitrogens with one attached hydrogen (secondary N) is 1. The average Bonchev–Trinajstić information content (AvgIpc) is 2.20. The number of halogens is 2. The summed E-state index contributed by atoms with van der Waals surface area (Å²) in [4.78, 5) is 11.5. The van der Waals surface area contributed by atoms with Gasteiger partial charge in [-0.1, -0.05) is 13.3 Å². The zero-order chi connectivity index (χ0) is 11.9. The van der Waals surface area contributed by atoms with Crippen molar-refractivity contribution in [2.24, 2.45) is 11.8 Å². The predicted octanol–water partition coefficient (Wildman–Crippen LogP) is 2.57. The van der Waals surface area contributed by atoms with Crippen LogP contribution in [0.4, 0.5) is 0 Å². The smallest absolute Gasteiger partial charge is 0.141 e. The third kappa shape index (κ3) is 1.70. The molecular formula is C12H19Cl2NO. The molecule has 1 N–H and O–H groups in total. The van der Waals surface area contributed by atoms with Gasteiger partial charge in [-0.25, -0.2) is 0 Å². The van der Waals surface area contributed by atoms with Gasteiger partial charge in [0.2, 0.25) is 0 Å². The zero-order valence-corrected chi connectivity index (χ0v) is 11.3. The van der Waals surface area contributed by atoms with Gasteiger partial charge < -0.3 is 4.79 Å². The molecule has 0 aromatic carbocycles. The molecule has 0 aromatic rings. The van der Waals surface area contributed by atoms with Gasteiger partial charge in [0.25, 0.3) is 0 Å². The normalized spacial score (nSPS) is 49.8. The highest BCUT2D eigenvalue weighted by Crippen LogP contribution is 2.45. The highest BCUT2D eigenvalue weighted by Gasteiger charge is 2.54. The van der Waals surface area contributed by atoms with E-state index in [2.05, 4.69) is 5.32 Å². The van der Waals surface area contributed by atoms with Gasteiger partial charge in [-0.15, -0.1) is 23.2 Å². The van der Waals surface area contributed by atoms with Crippen LogP contribution in [0.2, 0.25) is 0 Å². The summed E-state index contributed by atoms with van der Waals surface area (Å²) in [5, 5.41) is 3.18. The zero-order valence-electron chi connectivity index (χ0n) is 9.75. The Morgan fingerprint density at radius 2 is 1.94 bits per heavy atom. The van der Waals surface area contributed by atoms with Gasteiger partial charge in [0.05, 0.1) is 16.3 Å². The fourth-order valence-corrected chi connectivity index (χ4v) is 3.76. The van der Waals surface area contributed by atoms with Crippen molar-refractivity contribution in [2.45, 2.75) is 55.4 Å². The predicted molar refractivity (Wildman–Crippen MR) is 67.2 cm³/mol. The fraction of sp³-hybridized carbons (Fsp3) is 0.917. The maximum absolute atomic E-state index is 11.5. The first-order chi connectivity index (χ1) is 7.53. The Hall–Kier alpha value is 0.210. The van der Waals surface area contributed by atoms with E-state index in [1.165, 1.54) is 6.42 Å². The molecule has 0 aromatic heterocycles. The van der Waals surface area contributed by atoms with Crippen LogP contribution in [0.5, 0.6) is 0 Å². The Balaban J connectivity index is 2.26. The molecule has 2 nitrogen and oxygen atoms in total. The van der Waals surface area contributed by atoms with E-state index in [-0.39, 0.29) is 22.7 Å². The molecule has 0 amide bonds. The molecule has 0 radical (unpaired) electrons. The third-order valence-electron chi connectivity index (χ3n) is 4.35. The van der Waals surface area contributed by atoms with Crippen LogP contribution in [-0.2, 0) is 4.79 Å². The number of carbonyl (C=O) groups excluding carboxylic acids is 1. The lowest BCUT2D eigenvalue weighted by Gasteiger charge is -2.53. The quantitative estimate of drug-likeness (QED) is 0.613.